The van der Waals surface area contributed by atoms with Gasteiger partial charge in [0.15, 0.2) is 0 Å². The summed E-state index contributed by atoms with van der Waals surface area (Å²) >= 11 is 5.98. The fraction of sp³-hybridized carbons (Fsp3) is 0.357. The lowest BCUT2D eigenvalue weighted by atomic mass is 10.1. The Morgan fingerprint density at radius 1 is 1.29 bits per heavy atom. The molecule has 1 aromatic carbocycles. The summed E-state index contributed by atoms with van der Waals surface area (Å²) in [4.78, 5) is 6.64. The molecule has 0 bridgehead atoms. The maximum absolute atomic E-state index is 5.98. The minimum Gasteiger partial charge on any atom is -0.359 e. The van der Waals surface area contributed by atoms with E-state index in [-0.39, 0.29) is 5.38 Å². The van der Waals surface area contributed by atoms with Gasteiger partial charge in [-0.25, -0.2) is 4.98 Å². The molecule has 1 unspecified atom stereocenters. The molecule has 0 amide bonds. The molecule has 0 saturated carbocycles. The third-order valence-corrected chi connectivity index (χ3v) is 3.09. The minimum absolute atomic E-state index is 0.201. The second-order valence-electron chi connectivity index (χ2n) is 4.35. The Hall–Kier alpha value is -1.28. The van der Waals surface area contributed by atoms with E-state index in [0.29, 0.717) is 0 Å². The highest BCUT2D eigenvalue weighted by Gasteiger charge is 2.07. The maximum Gasteiger partial charge on any atom is 0.136 e. The monoisotopic (exact) mass is 248 g/mol. The first-order chi connectivity index (χ1) is 8.18. The Morgan fingerprint density at radius 3 is 2.82 bits per heavy atom. The summed E-state index contributed by atoms with van der Waals surface area (Å²) in [7, 11) is 2.06. The molecule has 2 rings (SSSR count). The lowest BCUT2D eigenvalue weighted by Crippen LogP contribution is -2.21. The second kappa shape index (κ2) is 5.37. The normalized spacial score (nSPS) is 12.6. The van der Waals surface area contributed by atoms with E-state index in [2.05, 4.69) is 29.1 Å². The number of anilines is 1. The number of rotatable bonds is 4. The Labute approximate surface area is 107 Å². The molecular weight excluding hydrogens is 232 g/mol. The van der Waals surface area contributed by atoms with Crippen LogP contribution in [0.4, 0.5) is 5.82 Å². The number of hydrogen-bond acceptors (Lipinski definition) is 2. The van der Waals surface area contributed by atoms with Crippen molar-refractivity contribution in [2.24, 2.45) is 0 Å². The topological polar surface area (TPSA) is 16.1 Å². The van der Waals surface area contributed by atoms with Crippen LogP contribution < -0.4 is 4.90 Å². The predicted octanol–water partition coefficient (Wildman–Crippen LogP) is 3.69. The van der Waals surface area contributed by atoms with E-state index in [1.807, 2.05) is 31.3 Å². The Balaban J connectivity index is 2.28. The van der Waals surface area contributed by atoms with Gasteiger partial charge in [-0.05, 0) is 24.8 Å². The molecule has 3 heteroatoms. The quantitative estimate of drug-likeness (QED) is 0.768. The number of benzene rings is 1. The number of pyridine rings is 1. The zero-order valence-corrected chi connectivity index (χ0v) is 11.0. The fourth-order valence-corrected chi connectivity index (χ4v) is 1.98. The molecule has 0 radical (unpaired) electrons. The van der Waals surface area contributed by atoms with Crippen LogP contribution in [0.2, 0.25) is 0 Å². The van der Waals surface area contributed by atoms with Crippen molar-refractivity contribution in [3.05, 3.63) is 36.5 Å². The molecule has 0 aliphatic rings. The van der Waals surface area contributed by atoms with E-state index < -0.39 is 0 Å². The lowest BCUT2D eigenvalue weighted by Gasteiger charge is -2.20. The first-order valence-electron chi connectivity index (χ1n) is 5.87. The molecule has 17 heavy (non-hydrogen) atoms. The third kappa shape index (κ3) is 2.89. The number of hydrogen-bond donors (Lipinski definition) is 0. The molecule has 1 aromatic heterocycles. The summed E-state index contributed by atoms with van der Waals surface area (Å²) in [6, 6.07) is 10.4. The van der Waals surface area contributed by atoms with Crippen LogP contribution in [0.5, 0.6) is 0 Å². The number of nitrogens with zero attached hydrogens (tertiary/aromatic N) is 2. The van der Waals surface area contributed by atoms with E-state index in [1.165, 1.54) is 10.8 Å². The van der Waals surface area contributed by atoms with Crippen LogP contribution in [-0.4, -0.2) is 24.0 Å². The van der Waals surface area contributed by atoms with Gasteiger partial charge < -0.3 is 4.90 Å². The van der Waals surface area contributed by atoms with E-state index in [1.54, 1.807) is 0 Å². The molecule has 0 N–H and O–H groups in total. The van der Waals surface area contributed by atoms with Crippen LogP contribution in [0.1, 0.15) is 13.3 Å². The predicted molar refractivity (Wildman–Crippen MR) is 74.9 cm³/mol. The van der Waals surface area contributed by atoms with E-state index >= 15 is 0 Å². The highest BCUT2D eigenvalue weighted by atomic mass is 35.5. The van der Waals surface area contributed by atoms with Gasteiger partial charge in [0.05, 0.1) is 0 Å². The van der Waals surface area contributed by atoms with Gasteiger partial charge in [-0.15, -0.1) is 11.6 Å². The molecule has 2 nitrogen and oxygen atoms in total. The van der Waals surface area contributed by atoms with Crippen molar-refractivity contribution in [1.82, 2.24) is 4.98 Å². The van der Waals surface area contributed by atoms with E-state index in [0.717, 1.165) is 18.8 Å². The minimum atomic E-state index is 0.201. The summed E-state index contributed by atoms with van der Waals surface area (Å²) in [5.74, 6) is 1.03. The molecule has 0 saturated heterocycles. The Morgan fingerprint density at radius 2 is 2.06 bits per heavy atom. The van der Waals surface area contributed by atoms with Crippen LogP contribution in [0.25, 0.3) is 10.8 Å². The molecule has 1 heterocycles. The smallest absolute Gasteiger partial charge is 0.136 e. The third-order valence-electron chi connectivity index (χ3n) is 2.88. The summed E-state index contributed by atoms with van der Waals surface area (Å²) in [6.45, 7) is 2.94. The van der Waals surface area contributed by atoms with Crippen molar-refractivity contribution >= 4 is 28.2 Å². The zero-order chi connectivity index (χ0) is 12.3. The lowest BCUT2D eigenvalue weighted by molar-refractivity contribution is 0.768. The van der Waals surface area contributed by atoms with E-state index in [9.17, 15) is 0 Å². The van der Waals surface area contributed by atoms with Crippen molar-refractivity contribution < 1.29 is 0 Å². The Kier molecular flexibility index (Phi) is 3.85. The molecular formula is C14H17ClN2. The van der Waals surface area contributed by atoms with Crippen molar-refractivity contribution in [2.45, 2.75) is 18.7 Å². The highest BCUT2D eigenvalue weighted by Crippen LogP contribution is 2.23. The van der Waals surface area contributed by atoms with Crippen LogP contribution in [0, 0.1) is 0 Å². The van der Waals surface area contributed by atoms with Gasteiger partial charge in [0, 0.05) is 30.6 Å². The van der Waals surface area contributed by atoms with Gasteiger partial charge in [-0.3, -0.25) is 0 Å². The van der Waals surface area contributed by atoms with Gasteiger partial charge in [0.1, 0.15) is 5.82 Å². The maximum atomic E-state index is 5.98. The molecule has 2 aromatic rings. The number of aromatic nitrogens is 1. The van der Waals surface area contributed by atoms with Gasteiger partial charge in [0.2, 0.25) is 0 Å². The van der Waals surface area contributed by atoms with Gasteiger partial charge in [-0.1, -0.05) is 24.3 Å². The van der Waals surface area contributed by atoms with Crippen LogP contribution in [0.15, 0.2) is 36.5 Å². The zero-order valence-electron chi connectivity index (χ0n) is 10.2. The van der Waals surface area contributed by atoms with Gasteiger partial charge in [-0.2, -0.15) is 0 Å². The summed E-state index contributed by atoms with van der Waals surface area (Å²) < 4.78 is 0. The second-order valence-corrected chi connectivity index (χ2v) is 5.09. The molecule has 1 atom stereocenters. The first kappa shape index (κ1) is 12.2. The number of halogens is 1. The van der Waals surface area contributed by atoms with Crippen molar-refractivity contribution in [3.63, 3.8) is 0 Å². The molecule has 0 spiro atoms. The van der Waals surface area contributed by atoms with Crippen LogP contribution in [0.3, 0.4) is 0 Å². The average Bonchev–Trinajstić information content (AvgIpc) is 2.35. The summed E-state index contributed by atoms with van der Waals surface area (Å²) in [5, 5.41) is 2.62. The molecule has 0 fully saturated rings. The molecule has 0 aliphatic carbocycles. The molecule has 0 aliphatic heterocycles. The molecule has 90 valence electrons. The van der Waals surface area contributed by atoms with Crippen molar-refractivity contribution in [1.29, 1.82) is 0 Å². The standard InChI is InChI=1S/C14H17ClN2/c1-11(15)8-10-17(2)14-13-6-4-3-5-12(13)7-9-16-14/h3-7,9,11H,8,10H2,1-2H3. The van der Waals surface area contributed by atoms with Crippen LogP contribution in [-0.2, 0) is 0 Å². The van der Waals surface area contributed by atoms with Gasteiger partial charge in [0.25, 0.3) is 0 Å². The summed E-state index contributed by atoms with van der Waals surface area (Å²) in [5.41, 5.74) is 0. The van der Waals surface area contributed by atoms with Crippen molar-refractivity contribution in [2.75, 3.05) is 18.5 Å². The first-order valence-corrected chi connectivity index (χ1v) is 6.31. The SMILES string of the molecule is CC(Cl)CCN(C)c1nccc2ccccc12. The average molecular weight is 249 g/mol. The summed E-state index contributed by atoms with van der Waals surface area (Å²) in [6.07, 6.45) is 2.82. The van der Waals surface area contributed by atoms with Gasteiger partial charge >= 0.3 is 0 Å². The highest BCUT2D eigenvalue weighted by molar-refractivity contribution is 6.20. The van der Waals surface area contributed by atoms with Crippen molar-refractivity contribution in [3.8, 4) is 0 Å². The number of fused-ring (bicyclic) bond motifs is 1. The Bertz CT molecular complexity index is 491. The van der Waals surface area contributed by atoms with Crippen LogP contribution >= 0.6 is 11.6 Å². The number of alkyl halides is 1. The van der Waals surface area contributed by atoms with E-state index in [4.69, 9.17) is 11.6 Å². The largest absolute Gasteiger partial charge is 0.359 e. The fourth-order valence-electron chi connectivity index (χ4n) is 1.89.